The number of hydrogen-bond donors (Lipinski definition) is 2. The quantitative estimate of drug-likeness (QED) is 0.292. The number of aromatic nitrogens is 3. The van der Waals surface area contributed by atoms with Crippen LogP contribution in [-0.2, 0) is 22.5 Å². The number of hydrogen-bond acceptors (Lipinski definition) is 6. The van der Waals surface area contributed by atoms with E-state index in [2.05, 4.69) is 20.9 Å². The zero-order valence-corrected chi connectivity index (χ0v) is 18.1. The molecule has 8 nitrogen and oxygen atoms in total. The monoisotopic (exact) mass is 433 g/mol. The van der Waals surface area contributed by atoms with E-state index in [1.807, 2.05) is 18.2 Å². The van der Waals surface area contributed by atoms with Gasteiger partial charge >= 0.3 is 0 Å². The minimum absolute atomic E-state index is 0.120. The third kappa shape index (κ3) is 4.81. The summed E-state index contributed by atoms with van der Waals surface area (Å²) in [4.78, 5) is 21.3. The number of amides is 1. The smallest absolute Gasteiger partial charge is 0.244 e. The van der Waals surface area contributed by atoms with Gasteiger partial charge in [-0.2, -0.15) is 0 Å². The molecule has 0 atom stereocenters. The number of unbranched alkanes of at least 4 members (excludes halogenated alkanes) is 1. The van der Waals surface area contributed by atoms with Crippen molar-refractivity contribution in [3.05, 3.63) is 60.3 Å². The number of benzene rings is 1. The van der Waals surface area contributed by atoms with Crippen LogP contribution >= 0.6 is 0 Å². The number of furan rings is 1. The van der Waals surface area contributed by atoms with Gasteiger partial charge in [0.1, 0.15) is 11.3 Å². The molecule has 4 aromatic rings. The van der Waals surface area contributed by atoms with Crippen molar-refractivity contribution in [2.45, 2.75) is 25.8 Å². The van der Waals surface area contributed by atoms with E-state index in [-0.39, 0.29) is 5.91 Å². The van der Waals surface area contributed by atoms with Crippen molar-refractivity contribution in [3.63, 3.8) is 0 Å². The number of carbonyl (C=O) groups excluding carboxylic acids is 1. The van der Waals surface area contributed by atoms with Crippen LogP contribution in [-0.4, -0.2) is 40.7 Å². The highest BCUT2D eigenvalue weighted by molar-refractivity contribution is 6.06. The average Bonchev–Trinajstić information content (AvgIpc) is 3.45. The van der Waals surface area contributed by atoms with Gasteiger partial charge in [0.2, 0.25) is 5.91 Å². The Balaban J connectivity index is 1.45. The number of nitrogens with two attached hydrogens (primary N) is 1. The van der Waals surface area contributed by atoms with E-state index in [1.54, 1.807) is 31.8 Å². The molecule has 0 aliphatic heterocycles. The molecule has 166 valence electrons. The van der Waals surface area contributed by atoms with Crippen LogP contribution in [0.4, 0.5) is 5.82 Å². The highest BCUT2D eigenvalue weighted by atomic mass is 16.5. The highest BCUT2D eigenvalue weighted by Crippen LogP contribution is 2.29. The highest BCUT2D eigenvalue weighted by Gasteiger charge is 2.16. The molecule has 0 unspecified atom stereocenters. The summed E-state index contributed by atoms with van der Waals surface area (Å²) in [6.07, 6.45) is 8.81. The lowest BCUT2D eigenvalue weighted by atomic mass is 10.2. The van der Waals surface area contributed by atoms with E-state index < -0.39 is 0 Å². The number of pyridine rings is 1. The topological polar surface area (TPSA) is 108 Å². The van der Waals surface area contributed by atoms with E-state index in [1.165, 1.54) is 6.08 Å². The van der Waals surface area contributed by atoms with Crippen LogP contribution in [0.5, 0.6) is 0 Å². The van der Waals surface area contributed by atoms with Crippen molar-refractivity contribution < 1.29 is 13.9 Å². The summed E-state index contributed by atoms with van der Waals surface area (Å²) in [5, 5.41) is 3.95. The molecule has 0 fully saturated rings. The predicted molar refractivity (Wildman–Crippen MR) is 125 cm³/mol. The van der Waals surface area contributed by atoms with Crippen LogP contribution in [0.2, 0.25) is 0 Å². The number of imidazole rings is 1. The molecule has 1 amide bonds. The number of fused-ring (bicyclic) bond motifs is 3. The summed E-state index contributed by atoms with van der Waals surface area (Å²) in [6, 6.07) is 9.76. The van der Waals surface area contributed by atoms with Gasteiger partial charge in [-0.25, -0.2) is 9.97 Å². The van der Waals surface area contributed by atoms with Crippen molar-refractivity contribution in [2.24, 2.45) is 0 Å². The van der Waals surface area contributed by atoms with Crippen LogP contribution < -0.4 is 11.1 Å². The zero-order chi connectivity index (χ0) is 22.3. The van der Waals surface area contributed by atoms with Crippen LogP contribution in [0.1, 0.15) is 24.2 Å². The number of anilines is 1. The fourth-order valence-corrected chi connectivity index (χ4v) is 3.74. The summed E-state index contributed by atoms with van der Waals surface area (Å²) in [6.45, 7) is 1.94. The van der Waals surface area contributed by atoms with Crippen LogP contribution in [0, 0.1) is 0 Å². The van der Waals surface area contributed by atoms with Gasteiger partial charge < -0.3 is 24.8 Å². The summed E-state index contributed by atoms with van der Waals surface area (Å²) in [7, 11) is 1.68. The second-order valence-corrected chi connectivity index (χ2v) is 7.52. The van der Waals surface area contributed by atoms with E-state index in [9.17, 15) is 4.79 Å². The molecule has 3 aromatic heterocycles. The number of nitrogens with zero attached hydrogens (tertiary/aromatic N) is 3. The van der Waals surface area contributed by atoms with Crippen molar-refractivity contribution in [1.29, 1.82) is 0 Å². The summed E-state index contributed by atoms with van der Waals surface area (Å²) >= 11 is 0. The van der Waals surface area contributed by atoms with Gasteiger partial charge in [0.05, 0.1) is 30.2 Å². The summed E-state index contributed by atoms with van der Waals surface area (Å²) in [5.41, 5.74) is 9.68. The number of aryl methyl sites for hydroxylation is 1. The van der Waals surface area contributed by atoms with Gasteiger partial charge in [0.25, 0.3) is 0 Å². The number of carbonyl (C=O) groups is 1. The normalized spacial score (nSPS) is 11.7. The fraction of sp³-hybridized carbons (Fsp3) is 0.292. The lowest BCUT2D eigenvalue weighted by molar-refractivity contribution is -0.116. The van der Waals surface area contributed by atoms with Crippen LogP contribution in [0.3, 0.4) is 0 Å². The molecule has 0 spiro atoms. The molecule has 4 rings (SSSR count). The Kier molecular flexibility index (Phi) is 6.81. The maximum Gasteiger partial charge on any atom is 0.244 e. The van der Waals surface area contributed by atoms with Crippen molar-refractivity contribution in [2.75, 3.05) is 26.0 Å². The number of nitrogens with one attached hydrogen (secondary N) is 1. The van der Waals surface area contributed by atoms with E-state index in [0.717, 1.165) is 52.7 Å². The molecular formula is C24H27N5O3. The Hall–Kier alpha value is -3.65. The third-order valence-electron chi connectivity index (χ3n) is 5.30. The molecule has 0 saturated carbocycles. The van der Waals surface area contributed by atoms with Crippen LogP contribution in [0.15, 0.2) is 53.4 Å². The second-order valence-electron chi connectivity index (χ2n) is 7.52. The van der Waals surface area contributed by atoms with Crippen molar-refractivity contribution in [1.82, 2.24) is 19.9 Å². The Morgan fingerprint density at radius 2 is 2.12 bits per heavy atom. The van der Waals surface area contributed by atoms with Gasteiger partial charge in [0, 0.05) is 43.6 Å². The van der Waals surface area contributed by atoms with E-state index in [0.29, 0.717) is 25.4 Å². The number of ether oxygens (including phenoxy) is 1. The maximum atomic E-state index is 12.0. The zero-order valence-electron chi connectivity index (χ0n) is 18.1. The predicted octanol–water partition coefficient (Wildman–Crippen LogP) is 3.56. The van der Waals surface area contributed by atoms with Crippen molar-refractivity contribution in [3.8, 4) is 0 Å². The second kappa shape index (κ2) is 10.1. The Bertz CT molecular complexity index is 1230. The molecule has 3 N–H and O–H groups in total. The minimum Gasteiger partial charge on any atom is -0.472 e. The van der Waals surface area contributed by atoms with Crippen molar-refractivity contribution >= 4 is 39.7 Å². The van der Waals surface area contributed by atoms with E-state index in [4.69, 9.17) is 19.9 Å². The lowest BCUT2D eigenvalue weighted by Gasteiger charge is -2.11. The number of para-hydroxylation sites is 1. The molecule has 0 saturated heterocycles. The Morgan fingerprint density at radius 1 is 1.25 bits per heavy atom. The summed E-state index contributed by atoms with van der Waals surface area (Å²) < 4.78 is 12.5. The molecule has 0 bridgehead atoms. The number of nitrogen functional groups attached to an aromatic ring is 1. The fourth-order valence-electron chi connectivity index (χ4n) is 3.74. The van der Waals surface area contributed by atoms with E-state index >= 15 is 0 Å². The molecule has 0 aliphatic rings. The first-order chi connectivity index (χ1) is 15.7. The molecule has 3 heterocycles. The summed E-state index contributed by atoms with van der Waals surface area (Å²) in [5.74, 6) is 1.25. The number of methoxy groups -OCH3 is 1. The minimum atomic E-state index is -0.120. The van der Waals surface area contributed by atoms with Gasteiger partial charge in [-0.15, -0.1) is 0 Å². The molecule has 0 radical (unpaired) electrons. The van der Waals surface area contributed by atoms with Gasteiger partial charge in [-0.05, 0) is 31.1 Å². The molecule has 0 aliphatic carbocycles. The van der Waals surface area contributed by atoms with Crippen LogP contribution in [0.25, 0.3) is 28.0 Å². The third-order valence-corrected chi connectivity index (χ3v) is 5.30. The molecule has 8 heteroatoms. The molecule has 1 aromatic carbocycles. The standard InChI is InChI=1S/C24H27N5O3/c1-31-14-11-20-28-22-23(18-6-2-3-7-19(18)27-24(22)25)29(20)13-5-4-12-26-21(30)9-8-17-10-15-32-16-17/h2-3,6-10,15-16H,4-5,11-14H2,1H3,(H2,25,27)(H,26,30). The molecule has 32 heavy (non-hydrogen) atoms. The van der Waals surface area contributed by atoms with Gasteiger partial charge in [-0.3, -0.25) is 4.79 Å². The van der Waals surface area contributed by atoms with Gasteiger partial charge in [-0.1, -0.05) is 18.2 Å². The Morgan fingerprint density at radius 3 is 2.94 bits per heavy atom. The van der Waals surface area contributed by atoms with Gasteiger partial charge in [0.15, 0.2) is 5.82 Å². The molecular weight excluding hydrogens is 406 g/mol. The largest absolute Gasteiger partial charge is 0.472 e. The first-order valence-electron chi connectivity index (χ1n) is 10.7. The number of rotatable bonds is 10. The lowest BCUT2D eigenvalue weighted by Crippen LogP contribution is -2.22. The Labute approximate surface area is 186 Å². The SMILES string of the molecule is COCCc1nc2c(N)nc3ccccc3c2n1CCCCNC(=O)C=Cc1ccoc1. The average molecular weight is 434 g/mol. The first kappa shape index (κ1) is 21.6. The first-order valence-corrected chi connectivity index (χ1v) is 10.7. The maximum absolute atomic E-state index is 12.0.